The molecular weight excluding hydrogens is 318 g/mol. The van der Waals surface area contributed by atoms with E-state index in [2.05, 4.69) is 35.8 Å². The summed E-state index contributed by atoms with van der Waals surface area (Å²) in [5.41, 5.74) is 3.00. The summed E-state index contributed by atoms with van der Waals surface area (Å²) in [6.45, 7) is 5.90. The fourth-order valence-corrected chi connectivity index (χ4v) is 3.17. The first-order chi connectivity index (χ1) is 12.2. The topological polar surface area (TPSA) is 95.1 Å². The van der Waals surface area contributed by atoms with Crippen molar-refractivity contribution < 1.29 is 4.79 Å². The molecule has 0 radical (unpaired) electrons. The number of amides is 1. The number of rotatable bonds is 3. The monoisotopic (exact) mass is 339 g/mol. The zero-order valence-electron chi connectivity index (χ0n) is 14.2. The molecule has 130 valence electrons. The SMILES string of the molecule is Cc1nc(Nc2ccc(N3CCNCC3)cn2)nc2c1CCC(=O)N2. The van der Waals surface area contributed by atoms with Crippen LogP contribution in [-0.2, 0) is 11.2 Å². The number of aryl methyl sites for hydroxylation is 1. The van der Waals surface area contributed by atoms with E-state index in [1.807, 2.05) is 25.3 Å². The van der Waals surface area contributed by atoms with Crippen LogP contribution in [0.15, 0.2) is 18.3 Å². The molecular formula is C17H21N7O. The Morgan fingerprint density at radius 3 is 2.76 bits per heavy atom. The Labute approximate surface area is 146 Å². The molecule has 0 aromatic carbocycles. The predicted octanol–water partition coefficient (Wildman–Crippen LogP) is 1.22. The molecule has 2 aromatic heterocycles. The highest BCUT2D eigenvalue weighted by atomic mass is 16.1. The maximum Gasteiger partial charge on any atom is 0.230 e. The van der Waals surface area contributed by atoms with E-state index in [0.29, 0.717) is 30.4 Å². The third kappa shape index (κ3) is 3.39. The molecule has 1 saturated heterocycles. The van der Waals surface area contributed by atoms with Gasteiger partial charge in [0.1, 0.15) is 11.6 Å². The third-order valence-corrected chi connectivity index (χ3v) is 4.54. The lowest BCUT2D eigenvalue weighted by atomic mass is 10.1. The van der Waals surface area contributed by atoms with E-state index in [4.69, 9.17) is 0 Å². The van der Waals surface area contributed by atoms with Crippen LogP contribution in [-0.4, -0.2) is 47.0 Å². The molecule has 0 unspecified atom stereocenters. The first kappa shape index (κ1) is 15.8. The highest BCUT2D eigenvalue weighted by Gasteiger charge is 2.20. The van der Waals surface area contributed by atoms with Crippen molar-refractivity contribution >= 4 is 29.2 Å². The molecule has 0 bridgehead atoms. The Morgan fingerprint density at radius 2 is 2.00 bits per heavy atom. The molecule has 2 aliphatic heterocycles. The summed E-state index contributed by atoms with van der Waals surface area (Å²) < 4.78 is 0. The van der Waals surface area contributed by atoms with E-state index in [9.17, 15) is 4.79 Å². The van der Waals surface area contributed by atoms with Gasteiger partial charge in [-0.3, -0.25) is 4.79 Å². The molecule has 2 aliphatic rings. The van der Waals surface area contributed by atoms with Gasteiger partial charge in [-0.1, -0.05) is 0 Å². The molecule has 8 heteroatoms. The summed E-state index contributed by atoms with van der Waals surface area (Å²) in [4.78, 5) is 27.3. The van der Waals surface area contributed by atoms with Gasteiger partial charge in [0.05, 0.1) is 11.9 Å². The minimum absolute atomic E-state index is 0.00458. The Hall–Kier alpha value is -2.74. The average molecular weight is 339 g/mol. The normalized spacial score (nSPS) is 17.0. The van der Waals surface area contributed by atoms with Crippen molar-refractivity contribution in [1.29, 1.82) is 0 Å². The molecule has 0 saturated carbocycles. The number of nitrogens with zero attached hydrogens (tertiary/aromatic N) is 4. The van der Waals surface area contributed by atoms with Gasteiger partial charge < -0.3 is 20.9 Å². The highest BCUT2D eigenvalue weighted by Crippen LogP contribution is 2.25. The Balaban J connectivity index is 1.51. The number of aromatic nitrogens is 3. The first-order valence-corrected chi connectivity index (χ1v) is 8.55. The van der Waals surface area contributed by atoms with Crippen molar-refractivity contribution in [1.82, 2.24) is 20.3 Å². The molecule has 0 aliphatic carbocycles. The molecule has 4 rings (SSSR count). The summed E-state index contributed by atoms with van der Waals surface area (Å²) in [6, 6.07) is 3.97. The number of pyridine rings is 1. The number of anilines is 4. The van der Waals surface area contributed by atoms with Crippen LogP contribution in [0.25, 0.3) is 0 Å². The van der Waals surface area contributed by atoms with Crippen LogP contribution in [0.3, 0.4) is 0 Å². The lowest BCUT2D eigenvalue weighted by Crippen LogP contribution is -2.43. The van der Waals surface area contributed by atoms with Crippen molar-refractivity contribution in [2.24, 2.45) is 0 Å². The van der Waals surface area contributed by atoms with E-state index >= 15 is 0 Å². The van der Waals surface area contributed by atoms with Gasteiger partial charge in [-0.25, -0.2) is 9.97 Å². The van der Waals surface area contributed by atoms with Crippen molar-refractivity contribution in [2.75, 3.05) is 41.7 Å². The maximum atomic E-state index is 11.6. The minimum atomic E-state index is -0.00458. The van der Waals surface area contributed by atoms with E-state index < -0.39 is 0 Å². The summed E-state index contributed by atoms with van der Waals surface area (Å²) in [5, 5.41) is 9.28. The molecule has 3 N–H and O–H groups in total. The second-order valence-electron chi connectivity index (χ2n) is 6.27. The fourth-order valence-electron chi connectivity index (χ4n) is 3.17. The predicted molar refractivity (Wildman–Crippen MR) is 96.3 cm³/mol. The number of hydrogen-bond donors (Lipinski definition) is 3. The number of hydrogen-bond acceptors (Lipinski definition) is 7. The van der Waals surface area contributed by atoms with Crippen LogP contribution in [0.2, 0.25) is 0 Å². The first-order valence-electron chi connectivity index (χ1n) is 8.55. The van der Waals surface area contributed by atoms with E-state index in [1.54, 1.807) is 0 Å². The summed E-state index contributed by atoms with van der Waals surface area (Å²) in [7, 11) is 0. The largest absolute Gasteiger partial charge is 0.368 e. The molecule has 8 nitrogen and oxygen atoms in total. The van der Waals surface area contributed by atoms with Crippen molar-refractivity contribution in [3.8, 4) is 0 Å². The van der Waals surface area contributed by atoms with Crippen LogP contribution < -0.4 is 20.9 Å². The number of carbonyl (C=O) groups is 1. The summed E-state index contributed by atoms with van der Waals surface area (Å²) in [5.74, 6) is 1.72. The quantitative estimate of drug-likeness (QED) is 0.774. The Kier molecular flexibility index (Phi) is 4.19. The van der Waals surface area contributed by atoms with Crippen molar-refractivity contribution in [3.05, 3.63) is 29.6 Å². The van der Waals surface area contributed by atoms with Gasteiger partial charge in [-0.2, -0.15) is 4.98 Å². The lowest BCUT2D eigenvalue weighted by Gasteiger charge is -2.29. The Bertz CT molecular complexity index is 784. The van der Waals surface area contributed by atoms with Gasteiger partial charge in [0, 0.05) is 43.9 Å². The second kappa shape index (κ2) is 6.64. The second-order valence-corrected chi connectivity index (χ2v) is 6.27. The molecule has 25 heavy (non-hydrogen) atoms. The fraction of sp³-hybridized carbons (Fsp3) is 0.412. The van der Waals surface area contributed by atoms with Crippen LogP contribution >= 0.6 is 0 Å². The van der Waals surface area contributed by atoms with Gasteiger partial charge in [-0.15, -0.1) is 0 Å². The van der Waals surface area contributed by atoms with Crippen LogP contribution in [0.4, 0.5) is 23.3 Å². The van der Waals surface area contributed by atoms with Gasteiger partial charge in [-0.05, 0) is 25.5 Å². The highest BCUT2D eigenvalue weighted by molar-refractivity contribution is 5.93. The molecule has 0 atom stereocenters. The third-order valence-electron chi connectivity index (χ3n) is 4.54. The number of carbonyl (C=O) groups excluding carboxylic acids is 1. The van der Waals surface area contributed by atoms with E-state index in [0.717, 1.165) is 43.1 Å². The number of fused-ring (bicyclic) bond motifs is 1. The van der Waals surface area contributed by atoms with Crippen molar-refractivity contribution in [2.45, 2.75) is 19.8 Å². The van der Waals surface area contributed by atoms with Crippen LogP contribution in [0.5, 0.6) is 0 Å². The summed E-state index contributed by atoms with van der Waals surface area (Å²) >= 11 is 0. The number of piperazine rings is 1. The standard InChI is InChI=1S/C17H21N7O/c1-11-13-3-5-15(25)22-16(13)23-17(20-11)21-14-4-2-12(10-19-14)24-8-6-18-7-9-24/h2,4,10,18H,3,5-9H2,1H3,(H2,19,20,21,22,23,25). The van der Waals surface area contributed by atoms with Gasteiger partial charge >= 0.3 is 0 Å². The van der Waals surface area contributed by atoms with E-state index in [1.165, 1.54) is 0 Å². The summed E-state index contributed by atoms with van der Waals surface area (Å²) in [6.07, 6.45) is 3.03. The van der Waals surface area contributed by atoms with Crippen LogP contribution in [0.1, 0.15) is 17.7 Å². The molecule has 4 heterocycles. The van der Waals surface area contributed by atoms with Crippen molar-refractivity contribution in [3.63, 3.8) is 0 Å². The smallest absolute Gasteiger partial charge is 0.230 e. The average Bonchev–Trinajstić information content (AvgIpc) is 2.63. The van der Waals surface area contributed by atoms with Gasteiger partial charge in [0.25, 0.3) is 0 Å². The Morgan fingerprint density at radius 1 is 1.16 bits per heavy atom. The molecule has 2 aromatic rings. The lowest BCUT2D eigenvalue weighted by molar-refractivity contribution is -0.116. The van der Waals surface area contributed by atoms with E-state index in [-0.39, 0.29) is 5.91 Å². The molecule has 1 amide bonds. The minimum Gasteiger partial charge on any atom is -0.368 e. The molecule has 0 spiro atoms. The molecule has 1 fully saturated rings. The zero-order valence-corrected chi connectivity index (χ0v) is 14.2. The maximum absolute atomic E-state index is 11.6. The van der Waals surface area contributed by atoms with Gasteiger partial charge in [0.2, 0.25) is 11.9 Å². The number of nitrogens with one attached hydrogen (secondary N) is 3. The zero-order chi connectivity index (χ0) is 17.2. The van der Waals surface area contributed by atoms with Crippen LogP contribution in [0, 0.1) is 6.92 Å². The van der Waals surface area contributed by atoms with Gasteiger partial charge in [0.15, 0.2) is 0 Å².